The molecular weight excluding hydrogens is 312 g/mol. The van der Waals surface area contributed by atoms with Crippen molar-refractivity contribution in [1.82, 2.24) is 0 Å². The third-order valence-corrected chi connectivity index (χ3v) is 5.20. The number of phenolic OH excluding ortho intramolecular Hbond substituents is 3. The third kappa shape index (κ3) is 3.76. The molecule has 0 spiro atoms. The van der Waals surface area contributed by atoms with E-state index in [0.29, 0.717) is 16.7 Å². The monoisotopic (exact) mass is 342 g/mol. The van der Waals surface area contributed by atoms with Crippen molar-refractivity contribution in [3.05, 3.63) is 46.6 Å². The summed E-state index contributed by atoms with van der Waals surface area (Å²) in [6.07, 6.45) is 9.60. The van der Waals surface area contributed by atoms with Crippen LogP contribution < -0.4 is 0 Å². The lowest BCUT2D eigenvalue weighted by molar-refractivity contribution is 0.372. The van der Waals surface area contributed by atoms with E-state index in [0.717, 1.165) is 31.3 Å². The van der Waals surface area contributed by atoms with Crippen LogP contribution in [0.4, 0.5) is 0 Å². The van der Waals surface area contributed by atoms with Gasteiger partial charge in [-0.2, -0.15) is 0 Å². The average molecular weight is 342 g/mol. The molecule has 0 radical (unpaired) electrons. The quantitative estimate of drug-likeness (QED) is 0.352. The summed E-state index contributed by atoms with van der Waals surface area (Å²) in [4.78, 5) is 0. The van der Waals surface area contributed by atoms with Crippen LogP contribution in [0.1, 0.15) is 69.1 Å². The summed E-state index contributed by atoms with van der Waals surface area (Å²) in [7, 11) is 0. The molecule has 1 aliphatic rings. The first kappa shape index (κ1) is 19.2. The Morgan fingerprint density at radius 1 is 1.20 bits per heavy atom. The van der Waals surface area contributed by atoms with Crippen molar-refractivity contribution in [2.75, 3.05) is 0 Å². The van der Waals surface area contributed by atoms with Gasteiger partial charge in [-0.3, -0.25) is 0 Å². The summed E-state index contributed by atoms with van der Waals surface area (Å²) in [6.45, 7) is 12.0. The molecule has 0 heterocycles. The van der Waals surface area contributed by atoms with E-state index in [-0.39, 0.29) is 29.1 Å². The molecular formula is C22H30O3. The van der Waals surface area contributed by atoms with Gasteiger partial charge in [0, 0.05) is 22.6 Å². The fraction of sp³-hybridized carbons (Fsp3) is 0.455. The minimum Gasteiger partial charge on any atom is -0.507 e. The molecule has 0 aliphatic heterocycles. The van der Waals surface area contributed by atoms with Gasteiger partial charge in [0.1, 0.15) is 5.75 Å². The molecule has 1 unspecified atom stereocenters. The first-order valence-electron chi connectivity index (χ1n) is 9.06. The van der Waals surface area contributed by atoms with Crippen molar-refractivity contribution >= 4 is 6.08 Å². The minimum atomic E-state index is -0.221. The standard InChI is InChI=1S/C22H30O3/c1-6-7-8-9-17-15(5)20(23)19(22(25)21(17)24)18-12-14(4)10-11-16(18)13(2)3/h8-9,12,16,18,23-25H,2,6-7,10-11H2,1,3-5H3/b9-8+/t16?,18-/m1/s1. The van der Waals surface area contributed by atoms with E-state index < -0.39 is 0 Å². The second kappa shape index (κ2) is 7.81. The summed E-state index contributed by atoms with van der Waals surface area (Å²) in [6, 6.07) is 0. The van der Waals surface area contributed by atoms with Crippen molar-refractivity contribution in [2.45, 2.75) is 59.3 Å². The van der Waals surface area contributed by atoms with Gasteiger partial charge in [-0.1, -0.05) is 49.3 Å². The topological polar surface area (TPSA) is 60.7 Å². The van der Waals surface area contributed by atoms with Crippen LogP contribution in [0.15, 0.2) is 29.9 Å². The number of hydrogen-bond donors (Lipinski definition) is 3. The predicted octanol–water partition coefficient (Wildman–Crippen LogP) is 5.94. The van der Waals surface area contributed by atoms with Gasteiger partial charge >= 0.3 is 0 Å². The maximum Gasteiger partial charge on any atom is 0.165 e. The van der Waals surface area contributed by atoms with E-state index in [1.807, 2.05) is 13.0 Å². The highest BCUT2D eigenvalue weighted by Gasteiger charge is 2.32. The zero-order valence-corrected chi connectivity index (χ0v) is 15.8. The van der Waals surface area contributed by atoms with Crippen LogP contribution in [0.5, 0.6) is 17.2 Å². The van der Waals surface area contributed by atoms with E-state index in [4.69, 9.17) is 0 Å². The molecule has 1 aromatic carbocycles. The molecule has 0 saturated carbocycles. The Bertz CT molecular complexity index is 696. The fourth-order valence-electron chi connectivity index (χ4n) is 3.67. The van der Waals surface area contributed by atoms with Crippen LogP contribution in [0.3, 0.4) is 0 Å². The first-order chi connectivity index (χ1) is 11.8. The molecule has 0 aromatic heterocycles. The summed E-state index contributed by atoms with van der Waals surface area (Å²) in [5.41, 5.74) is 3.74. The number of aromatic hydroxyl groups is 3. The highest BCUT2D eigenvalue weighted by molar-refractivity contribution is 5.72. The molecule has 0 amide bonds. The molecule has 2 rings (SSSR count). The normalized spacial score (nSPS) is 20.7. The van der Waals surface area contributed by atoms with Crippen LogP contribution >= 0.6 is 0 Å². The number of phenols is 3. The van der Waals surface area contributed by atoms with E-state index in [1.165, 1.54) is 5.57 Å². The van der Waals surface area contributed by atoms with Crippen molar-refractivity contribution in [2.24, 2.45) is 5.92 Å². The number of benzene rings is 1. The van der Waals surface area contributed by atoms with Gasteiger partial charge in [-0.05, 0) is 46.0 Å². The molecule has 3 nitrogen and oxygen atoms in total. The molecule has 1 aromatic rings. The molecule has 25 heavy (non-hydrogen) atoms. The van der Waals surface area contributed by atoms with Crippen LogP contribution in [0.2, 0.25) is 0 Å². The largest absolute Gasteiger partial charge is 0.507 e. The van der Waals surface area contributed by atoms with Crippen molar-refractivity contribution < 1.29 is 15.3 Å². The summed E-state index contributed by atoms with van der Waals surface area (Å²) in [5, 5.41) is 32.0. The zero-order valence-electron chi connectivity index (χ0n) is 15.8. The van der Waals surface area contributed by atoms with E-state index in [2.05, 4.69) is 26.5 Å². The number of unbranched alkanes of at least 4 members (excludes halogenated alkanes) is 1. The third-order valence-electron chi connectivity index (χ3n) is 5.20. The Kier molecular flexibility index (Phi) is 5.99. The summed E-state index contributed by atoms with van der Waals surface area (Å²) < 4.78 is 0. The molecule has 0 bridgehead atoms. The van der Waals surface area contributed by atoms with Gasteiger partial charge in [0.2, 0.25) is 0 Å². The van der Waals surface area contributed by atoms with Gasteiger partial charge in [0.05, 0.1) is 0 Å². The molecule has 3 heteroatoms. The Labute approximate surface area is 151 Å². The minimum absolute atomic E-state index is 0.0636. The number of rotatable bonds is 5. The second-order valence-electron chi connectivity index (χ2n) is 7.22. The van der Waals surface area contributed by atoms with Crippen LogP contribution in [0, 0.1) is 12.8 Å². The second-order valence-corrected chi connectivity index (χ2v) is 7.22. The predicted molar refractivity (Wildman–Crippen MR) is 104 cm³/mol. The molecule has 136 valence electrons. The zero-order chi connectivity index (χ0) is 18.7. The fourth-order valence-corrected chi connectivity index (χ4v) is 3.67. The maximum atomic E-state index is 10.8. The Morgan fingerprint density at radius 2 is 1.88 bits per heavy atom. The summed E-state index contributed by atoms with van der Waals surface area (Å²) >= 11 is 0. The van der Waals surface area contributed by atoms with Crippen molar-refractivity contribution in [3.8, 4) is 17.2 Å². The molecule has 1 aliphatic carbocycles. The van der Waals surface area contributed by atoms with Gasteiger partial charge in [0.15, 0.2) is 11.5 Å². The Balaban J connectivity index is 2.62. The lowest BCUT2D eigenvalue weighted by atomic mass is 9.73. The van der Waals surface area contributed by atoms with Crippen LogP contribution in [0.25, 0.3) is 6.08 Å². The van der Waals surface area contributed by atoms with Crippen molar-refractivity contribution in [3.63, 3.8) is 0 Å². The lowest BCUT2D eigenvalue weighted by Gasteiger charge is -2.32. The number of allylic oxidation sites excluding steroid dienone is 4. The highest BCUT2D eigenvalue weighted by atomic mass is 16.3. The van der Waals surface area contributed by atoms with Crippen LogP contribution in [-0.2, 0) is 0 Å². The molecule has 0 fully saturated rings. The number of hydrogen-bond acceptors (Lipinski definition) is 3. The van der Waals surface area contributed by atoms with Crippen molar-refractivity contribution in [1.29, 1.82) is 0 Å². The first-order valence-corrected chi connectivity index (χ1v) is 9.06. The lowest BCUT2D eigenvalue weighted by Crippen LogP contribution is -2.17. The van der Waals surface area contributed by atoms with Gasteiger partial charge in [-0.25, -0.2) is 0 Å². The molecule has 3 N–H and O–H groups in total. The molecule has 0 saturated heterocycles. The Morgan fingerprint density at radius 3 is 2.48 bits per heavy atom. The average Bonchev–Trinajstić information content (AvgIpc) is 2.56. The SMILES string of the molecule is C=C(C)C1CCC(C)=C[C@H]1c1c(O)c(C)c(/C=C/CCC)c(O)c1O. The van der Waals surface area contributed by atoms with E-state index in [9.17, 15) is 15.3 Å². The Hall–Kier alpha value is -2.16. The van der Waals surface area contributed by atoms with E-state index >= 15 is 0 Å². The molecule has 2 atom stereocenters. The van der Waals surface area contributed by atoms with Gasteiger partial charge in [0.25, 0.3) is 0 Å². The summed E-state index contributed by atoms with van der Waals surface area (Å²) in [5.74, 6) is -0.352. The van der Waals surface area contributed by atoms with E-state index in [1.54, 1.807) is 13.0 Å². The van der Waals surface area contributed by atoms with Gasteiger partial charge < -0.3 is 15.3 Å². The maximum absolute atomic E-state index is 10.8. The van der Waals surface area contributed by atoms with Crippen LogP contribution in [-0.4, -0.2) is 15.3 Å². The smallest absolute Gasteiger partial charge is 0.165 e. The highest BCUT2D eigenvalue weighted by Crippen LogP contribution is 2.51. The van der Waals surface area contributed by atoms with Gasteiger partial charge in [-0.15, -0.1) is 0 Å².